The molecule has 0 spiro atoms. The van der Waals surface area contributed by atoms with Gasteiger partial charge in [-0.1, -0.05) is 72.3 Å². The number of fused-ring (bicyclic) bond motifs is 1. The molecular formula is C18H14ClN. The highest BCUT2D eigenvalue weighted by Gasteiger charge is 2.12. The summed E-state index contributed by atoms with van der Waals surface area (Å²) in [6.45, 7) is 5.96. The standard InChI is InChI=1S/C18H14ClN/c1-3-14-17(13-10-8-12(2)9-11-13)15-6-4-5-7-16(15)20-18(14)19/h3-11H,1H2,2H3. The number of halogens is 1. The van der Waals surface area contributed by atoms with Crippen molar-refractivity contribution < 1.29 is 0 Å². The second kappa shape index (κ2) is 5.10. The zero-order valence-corrected chi connectivity index (χ0v) is 12.0. The van der Waals surface area contributed by atoms with Gasteiger partial charge in [-0.3, -0.25) is 0 Å². The predicted octanol–water partition coefficient (Wildman–Crippen LogP) is 5.51. The van der Waals surface area contributed by atoms with E-state index in [0.717, 1.165) is 27.6 Å². The Morgan fingerprint density at radius 3 is 2.45 bits per heavy atom. The number of aromatic nitrogens is 1. The topological polar surface area (TPSA) is 12.9 Å². The summed E-state index contributed by atoms with van der Waals surface area (Å²) in [5.41, 5.74) is 5.24. The first-order chi connectivity index (χ1) is 9.70. The average Bonchev–Trinajstić information content (AvgIpc) is 2.47. The smallest absolute Gasteiger partial charge is 0.137 e. The first kappa shape index (κ1) is 12.9. The predicted molar refractivity (Wildman–Crippen MR) is 87.0 cm³/mol. The lowest BCUT2D eigenvalue weighted by molar-refractivity contribution is 1.39. The first-order valence-electron chi connectivity index (χ1n) is 6.48. The van der Waals surface area contributed by atoms with E-state index in [1.807, 2.05) is 18.2 Å². The molecule has 0 aliphatic rings. The van der Waals surface area contributed by atoms with E-state index in [-0.39, 0.29) is 0 Å². The molecule has 0 aliphatic carbocycles. The molecule has 0 amide bonds. The Morgan fingerprint density at radius 1 is 1.05 bits per heavy atom. The number of aryl methyl sites for hydroxylation is 1. The molecule has 0 saturated heterocycles. The maximum atomic E-state index is 6.31. The van der Waals surface area contributed by atoms with Crippen molar-refractivity contribution >= 4 is 28.6 Å². The molecule has 98 valence electrons. The minimum absolute atomic E-state index is 0.495. The molecule has 0 atom stereocenters. The Balaban J connectivity index is 2.42. The molecule has 1 aromatic heterocycles. The van der Waals surface area contributed by atoms with E-state index in [4.69, 9.17) is 11.6 Å². The summed E-state index contributed by atoms with van der Waals surface area (Å²) in [6.07, 6.45) is 1.77. The van der Waals surface area contributed by atoms with Crippen LogP contribution in [0.2, 0.25) is 5.15 Å². The Morgan fingerprint density at radius 2 is 1.75 bits per heavy atom. The van der Waals surface area contributed by atoms with Gasteiger partial charge in [0, 0.05) is 16.5 Å². The number of para-hydroxylation sites is 1. The third kappa shape index (κ3) is 2.10. The number of nitrogens with zero attached hydrogens (tertiary/aromatic N) is 1. The highest BCUT2D eigenvalue weighted by Crippen LogP contribution is 2.35. The number of hydrogen-bond acceptors (Lipinski definition) is 1. The van der Waals surface area contributed by atoms with Crippen molar-refractivity contribution in [1.29, 1.82) is 0 Å². The van der Waals surface area contributed by atoms with Crippen molar-refractivity contribution in [3.05, 3.63) is 71.4 Å². The van der Waals surface area contributed by atoms with E-state index in [2.05, 4.69) is 48.8 Å². The van der Waals surface area contributed by atoms with Crippen LogP contribution in [0.1, 0.15) is 11.1 Å². The van der Waals surface area contributed by atoms with Crippen LogP contribution in [0.25, 0.3) is 28.1 Å². The zero-order valence-electron chi connectivity index (χ0n) is 11.2. The molecule has 3 rings (SSSR count). The molecule has 0 fully saturated rings. The highest BCUT2D eigenvalue weighted by atomic mass is 35.5. The van der Waals surface area contributed by atoms with E-state index in [0.29, 0.717) is 5.15 Å². The summed E-state index contributed by atoms with van der Waals surface area (Å²) >= 11 is 6.31. The van der Waals surface area contributed by atoms with Crippen molar-refractivity contribution in [2.45, 2.75) is 6.92 Å². The molecule has 0 N–H and O–H groups in total. The van der Waals surface area contributed by atoms with Crippen LogP contribution in [-0.2, 0) is 0 Å². The maximum Gasteiger partial charge on any atom is 0.137 e. The zero-order chi connectivity index (χ0) is 14.1. The van der Waals surface area contributed by atoms with Gasteiger partial charge in [0.25, 0.3) is 0 Å². The van der Waals surface area contributed by atoms with Crippen LogP contribution in [0.15, 0.2) is 55.1 Å². The number of pyridine rings is 1. The third-order valence-electron chi connectivity index (χ3n) is 3.43. The fourth-order valence-corrected chi connectivity index (χ4v) is 2.68. The SMILES string of the molecule is C=Cc1c(Cl)nc2ccccc2c1-c1ccc(C)cc1. The Kier molecular flexibility index (Phi) is 3.29. The number of hydrogen-bond donors (Lipinski definition) is 0. The summed E-state index contributed by atoms with van der Waals surface area (Å²) in [7, 11) is 0. The Labute approximate surface area is 123 Å². The monoisotopic (exact) mass is 279 g/mol. The second-order valence-electron chi connectivity index (χ2n) is 4.78. The minimum Gasteiger partial charge on any atom is -0.235 e. The van der Waals surface area contributed by atoms with Crippen LogP contribution in [0.4, 0.5) is 0 Å². The molecule has 1 heterocycles. The van der Waals surface area contributed by atoms with E-state index in [1.165, 1.54) is 5.56 Å². The van der Waals surface area contributed by atoms with Crippen molar-refractivity contribution in [3.63, 3.8) is 0 Å². The third-order valence-corrected chi connectivity index (χ3v) is 3.72. The van der Waals surface area contributed by atoms with Gasteiger partial charge in [-0.05, 0) is 18.6 Å². The minimum atomic E-state index is 0.495. The summed E-state index contributed by atoms with van der Waals surface area (Å²) < 4.78 is 0. The van der Waals surface area contributed by atoms with Crippen molar-refractivity contribution in [2.24, 2.45) is 0 Å². The molecule has 2 aromatic carbocycles. The van der Waals surface area contributed by atoms with Gasteiger partial charge in [0.2, 0.25) is 0 Å². The van der Waals surface area contributed by atoms with Gasteiger partial charge in [-0.25, -0.2) is 4.98 Å². The van der Waals surface area contributed by atoms with E-state index in [9.17, 15) is 0 Å². The molecule has 20 heavy (non-hydrogen) atoms. The fraction of sp³-hybridized carbons (Fsp3) is 0.0556. The van der Waals surface area contributed by atoms with Gasteiger partial charge >= 0.3 is 0 Å². The Bertz CT molecular complexity index is 788. The van der Waals surface area contributed by atoms with Crippen molar-refractivity contribution in [2.75, 3.05) is 0 Å². The van der Waals surface area contributed by atoms with Crippen LogP contribution < -0.4 is 0 Å². The normalized spacial score (nSPS) is 10.7. The highest BCUT2D eigenvalue weighted by molar-refractivity contribution is 6.32. The summed E-state index contributed by atoms with van der Waals surface area (Å²) in [5.74, 6) is 0. The van der Waals surface area contributed by atoms with E-state index < -0.39 is 0 Å². The second-order valence-corrected chi connectivity index (χ2v) is 5.14. The number of benzene rings is 2. The van der Waals surface area contributed by atoms with Gasteiger partial charge in [0.1, 0.15) is 5.15 Å². The molecule has 0 unspecified atom stereocenters. The largest absolute Gasteiger partial charge is 0.235 e. The molecule has 1 nitrogen and oxygen atoms in total. The first-order valence-corrected chi connectivity index (χ1v) is 6.86. The van der Waals surface area contributed by atoms with Crippen LogP contribution in [-0.4, -0.2) is 4.98 Å². The van der Waals surface area contributed by atoms with Crippen molar-refractivity contribution in [3.8, 4) is 11.1 Å². The Hall–Kier alpha value is -2.12. The lowest BCUT2D eigenvalue weighted by atomic mass is 9.96. The van der Waals surface area contributed by atoms with Crippen molar-refractivity contribution in [1.82, 2.24) is 4.98 Å². The maximum absolute atomic E-state index is 6.31. The van der Waals surface area contributed by atoms with Crippen LogP contribution in [0.3, 0.4) is 0 Å². The lowest BCUT2D eigenvalue weighted by Crippen LogP contribution is -1.91. The lowest BCUT2D eigenvalue weighted by Gasteiger charge is -2.12. The molecule has 3 aromatic rings. The van der Waals surface area contributed by atoms with Gasteiger partial charge in [-0.15, -0.1) is 0 Å². The van der Waals surface area contributed by atoms with E-state index in [1.54, 1.807) is 6.08 Å². The molecular weight excluding hydrogens is 266 g/mol. The molecule has 0 aliphatic heterocycles. The fourth-order valence-electron chi connectivity index (χ4n) is 2.41. The summed E-state index contributed by atoms with van der Waals surface area (Å²) in [4.78, 5) is 4.44. The number of rotatable bonds is 2. The van der Waals surface area contributed by atoms with Gasteiger partial charge < -0.3 is 0 Å². The molecule has 0 saturated carbocycles. The molecule has 0 bridgehead atoms. The molecule has 0 radical (unpaired) electrons. The summed E-state index contributed by atoms with van der Waals surface area (Å²) in [5, 5.41) is 1.59. The van der Waals surface area contributed by atoms with Gasteiger partial charge in [0.15, 0.2) is 0 Å². The van der Waals surface area contributed by atoms with Gasteiger partial charge in [-0.2, -0.15) is 0 Å². The van der Waals surface area contributed by atoms with Gasteiger partial charge in [0.05, 0.1) is 5.52 Å². The van der Waals surface area contributed by atoms with Crippen LogP contribution in [0.5, 0.6) is 0 Å². The van der Waals surface area contributed by atoms with E-state index >= 15 is 0 Å². The quantitative estimate of drug-likeness (QED) is 0.564. The average molecular weight is 280 g/mol. The summed E-state index contributed by atoms with van der Waals surface area (Å²) in [6, 6.07) is 16.5. The van der Waals surface area contributed by atoms with Crippen LogP contribution >= 0.6 is 11.6 Å². The molecule has 2 heteroatoms. The van der Waals surface area contributed by atoms with Crippen LogP contribution in [0, 0.1) is 6.92 Å².